The average Bonchev–Trinajstić information content (AvgIpc) is 2.38. The third-order valence-electron chi connectivity index (χ3n) is 2.79. The molecule has 1 N–H and O–H groups in total. The van der Waals surface area contributed by atoms with Crippen molar-refractivity contribution in [2.75, 3.05) is 0 Å². The Kier molecular flexibility index (Phi) is 3.42. The number of rotatable bonds is 3. The lowest BCUT2D eigenvalue weighted by molar-refractivity contribution is 0.0697. The summed E-state index contributed by atoms with van der Waals surface area (Å²) in [5, 5.41) is 9.10. The molecule has 0 radical (unpaired) electrons. The number of hydrogen-bond donors (Lipinski definition) is 1. The van der Waals surface area contributed by atoms with Crippen LogP contribution in [-0.4, -0.2) is 16.9 Å². The molecule has 0 aliphatic rings. The molecular weight excluding hydrogens is 247 g/mol. The maximum absolute atomic E-state index is 13.1. The van der Waals surface area contributed by atoms with Crippen molar-refractivity contribution in [2.24, 2.45) is 0 Å². The second-order valence-corrected chi connectivity index (χ2v) is 4.13. The highest BCUT2D eigenvalue weighted by atomic mass is 19.1. The van der Waals surface area contributed by atoms with Crippen LogP contribution in [0.4, 0.5) is 4.39 Å². The van der Waals surface area contributed by atoms with Crippen molar-refractivity contribution in [3.05, 3.63) is 59.4 Å². The Balaban J connectivity index is 2.61. The summed E-state index contributed by atoms with van der Waals surface area (Å²) in [5.74, 6) is -1.92. The van der Waals surface area contributed by atoms with Gasteiger partial charge < -0.3 is 5.11 Å². The van der Waals surface area contributed by atoms with Crippen molar-refractivity contribution in [3.63, 3.8) is 0 Å². The third kappa shape index (κ3) is 2.68. The zero-order valence-electron chi connectivity index (χ0n) is 10.2. The van der Waals surface area contributed by atoms with E-state index < -0.39 is 11.8 Å². The minimum absolute atomic E-state index is 0.110. The van der Waals surface area contributed by atoms with Crippen molar-refractivity contribution < 1.29 is 19.1 Å². The van der Waals surface area contributed by atoms with Crippen molar-refractivity contribution in [3.8, 4) is 11.1 Å². The summed E-state index contributed by atoms with van der Waals surface area (Å²) in [6, 6.07) is 10.2. The van der Waals surface area contributed by atoms with Gasteiger partial charge in [-0.25, -0.2) is 9.18 Å². The molecule has 0 aromatic heterocycles. The Labute approximate surface area is 109 Å². The molecule has 0 saturated heterocycles. The summed E-state index contributed by atoms with van der Waals surface area (Å²) >= 11 is 0. The molecule has 0 atom stereocenters. The van der Waals surface area contributed by atoms with E-state index in [0.29, 0.717) is 16.7 Å². The number of Topliss-reactive ketones (excluding diaryl/α,β-unsaturated/α-hetero) is 1. The van der Waals surface area contributed by atoms with Crippen LogP contribution in [0.25, 0.3) is 11.1 Å². The van der Waals surface area contributed by atoms with Crippen molar-refractivity contribution in [1.82, 2.24) is 0 Å². The summed E-state index contributed by atoms with van der Waals surface area (Å²) in [7, 11) is 0. The lowest BCUT2D eigenvalue weighted by Crippen LogP contribution is -2.01. The van der Waals surface area contributed by atoms with E-state index in [4.69, 9.17) is 5.11 Å². The number of benzene rings is 2. The minimum Gasteiger partial charge on any atom is -0.478 e. The molecular formula is C15H11FO3. The number of halogens is 1. The van der Waals surface area contributed by atoms with E-state index >= 15 is 0 Å². The fourth-order valence-corrected chi connectivity index (χ4v) is 1.85. The molecule has 0 spiro atoms. The normalized spacial score (nSPS) is 10.2. The van der Waals surface area contributed by atoms with Crippen LogP contribution in [0.5, 0.6) is 0 Å². The number of carboxylic acids is 1. The fourth-order valence-electron chi connectivity index (χ4n) is 1.85. The van der Waals surface area contributed by atoms with Crippen LogP contribution in [-0.2, 0) is 0 Å². The van der Waals surface area contributed by atoms with E-state index in [2.05, 4.69) is 0 Å². The molecule has 0 saturated carbocycles. The van der Waals surface area contributed by atoms with Crippen molar-refractivity contribution in [1.29, 1.82) is 0 Å². The van der Waals surface area contributed by atoms with Crippen LogP contribution in [0.2, 0.25) is 0 Å². The van der Waals surface area contributed by atoms with Gasteiger partial charge in [0.15, 0.2) is 5.78 Å². The monoisotopic (exact) mass is 258 g/mol. The largest absolute Gasteiger partial charge is 0.478 e. The first kappa shape index (κ1) is 13.0. The van der Waals surface area contributed by atoms with Gasteiger partial charge in [0.2, 0.25) is 0 Å². The molecule has 19 heavy (non-hydrogen) atoms. The molecule has 0 amide bonds. The van der Waals surface area contributed by atoms with Gasteiger partial charge in [-0.1, -0.05) is 24.3 Å². The van der Waals surface area contributed by atoms with Crippen LogP contribution in [0.3, 0.4) is 0 Å². The predicted octanol–water partition coefficient (Wildman–Crippen LogP) is 3.39. The molecule has 0 heterocycles. The molecule has 0 aliphatic carbocycles. The Morgan fingerprint density at radius 3 is 2.47 bits per heavy atom. The molecule has 2 rings (SSSR count). The van der Waals surface area contributed by atoms with Gasteiger partial charge in [0.25, 0.3) is 0 Å². The highest BCUT2D eigenvalue weighted by Crippen LogP contribution is 2.25. The topological polar surface area (TPSA) is 54.4 Å². The van der Waals surface area contributed by atoms with E-state index in [0.717, 1.165) is 6.07 Å². The standard InChI is InChI=1S/C15H11FO3/c1-9(17)10-3-2-4-11(7-10)13-6-5-12(16)8-14(13)15(18)19/h2-8H,1H3,(H,18,19). The fraction of sp³-hybridized carbons (Fsp3) is 0.0667. The quantitative estimate of drug-likeness (QED) is 0.858. The Morgan fingerprint density at radius 1 is 1.11 bits per heavy atom. The molecule has 0 unspecified atom stereocenters. The van der Waals surface area contributed by atoms with Gasteiger partial charge in [-0.05, 0) is 36.2 Å². The van der Waals surface area contributed by atoms with Crippen LogP contribution in [0, 0.1) is 5.82 Å². The Morgan fingerprint density at radius 2 is 1.84 bits per heavy atom. The molecule has 0 aliphatic heterocycles. The average molecular weight is 258 g/mol. The number of ketones is 1. The number of hydrogen-bond acceptors (Lipinski definition) is 2. The molecule has 2 aromatic rings. The Bertz CT molecular complexity index is 662. The molecule has 96 valence electrons. The smallest absolute Gasteiger partial charge is 0.336 e. The maximum Gasteiger partial charge on any atom is 0.336 e. The highest BCUT2D eigenvalue weighted by molar-refractivity contribution is 5.98. The van der Waals surface area contributed by atoms with Crippen LogP contribution in [0.1, 0.15) is 27.6 Å². The number of carboxylic acid groups (broad SMARTS) is 1. The van der Waals surface area contributed by atoms with Gasteiger partial charge in [0.05, 0.1) is 5.56 Å². The van der Waals surface area contributed by atoms with Gasteiger partial charge in [-0.3, -0.25) is 4.79 Å². The van der Waals surface area contributed by atoms with E-state index in [1.54, 1.807) is 24.3 Å². The predicted molar refractivity (Wildman–Crippen MR) is 68.8 cm³/mol. The van der Waals surface area contributed by atoms with Gasteiger partial charge in [-0.2, -0.15) is 0 Å². The van der Waals surface area contributed by atoms with E-state index in [1.165, 1.54) is 19.1 Å². The summed E-state index contributed by atoms with van der Waals surface area (Å²) in [4.78, 5) is 22.5. The maximum atomic E-state index is 13.1. The highest BCUT2D eigenvalue weighted by Gasteiger charge is 2.13. The molecule has 0 fully saturated rings. The van der Waals surface area contributed by atoms with Crippen LogP contribution in [0.15, 0.2) is 42.5 Å². The second-order valence-electron chi connectivity index (χ2n) is 4.13. The molecule has 2 aromatic carbocycles. The summed E-state index contributed by atoms with van der Waals surface area (Å²) in [6.07, 6.45) is 0. The van der Waals surface area contributed by atoms with Crippen molar-refractivity contribution >= 4 is 11.8 Å². The zero-order valence-corrected chi connectivity index (χ0v) is 10.2. The van der Waals surface area contributed by atoms with E-state index in [9.17, 15) is 14.0 Å². The molecule has 4 heteroatoms. The number of carbonyl (C=O) groups is 2. The van der Waals surface area contributed by atoms with Gasteiger partial charge in [0, 0.05) is 5.56 Å². The molecule has 0 bridgehead atoms. The third-order valence-corrected chi connectivity index (χ3v) is 2.79. The van der Waals surface area contributed by atoms with Crippen LogP contribution >= 0.6 is 0 Å². The first-order valence-electron chi connectivity index (χ1n) is 5.63. The van der Waals surface area contributed by atoms with Crippen molar-refractivity contribution in [2.45, 2.75) is 6.92 Å². The van der Waals surface area contributed by atoms with Crippen LogP contribution < -0.4 is 0 Å². The molecule has 3 nitrogen and oxygen atoms in total. The van der Waals surface area contributed by atoms with Gasteiger partial charge in [-0.15, -0.1) is 0 Å². The Hall–Kier alpha value is -2.49. The first-order chi connectivity index (χ1) is 8.99. The SMILES string of the molecule is CC(=O)c1cccc(-c2ccc(F)cc2C(=O)O)c1. The summed E-state index contributed by atoms with van der Waals surface area (Å²) < 4.78 is 13.1. The lowest BCUT2D eigenvalue weighted by Gasteiger charge is -2.07. The van der Waals surface area contributed by atoms with E-state index in [-0.39, 0.29) is 11.3 Å². The van der Waals surface area contributed by atoms with E-state index in [1.807, 2.05) is 0 Å². The number of aromatic carboxylic acids is 1. The minimum atomic E-state index is -1.21. The first-order valence-corrected chi connectivity index (χ1v) is 5.63. The number of carbonyl (C=O) groups excluding carboxylic acids is 1. The summed E-state index contributed by atoms with van der Waals surface area (Å²) in [6.45, 7) is 1.43. The lowest BCUT2D eigenvalue weighted by atomic mass is 9.97. The van der Waals surface area contributed by atoms with Gasteiger partial charge in [0.1, 0.15) is 5.82 Å². The second kappa shape index (κ2) is 5.02. The summed E-state index contributed by atoms with van der Waals surface area (Å²) in [5.41, 5.74) is 1.32. The zero-order chi connectivity index (χ0) is 14.0. The van der Waals surface area contributed by atoms with Gasteiger partial charge >= 0.3 is 5.97 Å².